The molecule has 3 aliphatic heterocycles. The van der Waals surface area contributed by atoms with Crippen LogP contribution in [0.25, 0.3) is 10.9 Å². The Balaban J connectivity index is 1.93. The predicted octanol–water partition coefficient (Wildman–Crippen LogP) is 2.79. The number of rotatable bonds is 1. The second-order valence-electron chi connectivity index (χ2n) is 8.27. The van der Waals surface area contributed by atoms with Crippen LogP contribution >= 0.6 is 0 Å². The highest BCUT2D eigenvalue weighted by Gasteiger charge is 2.65. The highest BCUT2D eigenvalue weighted by atomic mass is 16.5. The van der Waals surface area contributed by atoms with Crippen molar-refractivity contribution in [1.29, 1.82) is 0 Å². The van der Waals surface area contributed by atoms with Gasteiger partial charge in [-0.15, -0.1) is 0 Å². The Kier molecular flexibility index (Phi) is 4.07. The third-order valence-corrected chi connectivity index (χ3v) is 7.09. The van der Waals surface area contributed by atoms with Crippen LogP contribution in [0, 0.1) is 5.92 Å². The number of para-hydroxylation sites is 1. The number of fused-ring (bicyclic) bond motifs is 4. The van der Waals surface area contributed by atoms with Crippen LogP contribution in [0.15, 0.2) is 35.9 Å². The molecule has 1 aromatic heterocycles. The second-order valence-corrected chi connectivity index (χ2v) is 8.27. The second kappa shape index (κ2) is 6.45. The third kappa shape index (κ3) is 2.12. The van der Waals surface area contributed by atoms with Crippen molar-refractivity contribution >= 4 is 28.9 Å². The minimum absolute atomic E-state index is 0.0872. The molecule has 7 nitrogen and oxygen atoms in total. The first kappa shape index (κ1) is 18.9. The molecular weight excluding hydrogens is 384 g/mol. The van der Waals surface area contributed by atoms with Crippen LogP contribution in [-0.2, 0) is 30.9 Å². The molecular formula is C23H24N2O5. The average Bonchev–Trinajstić information content (AvgIpc) is 3.05. The summed E-state index contributed by atoms with van der Waals surface area (Å²) in [5.41, 5.74) is 2.14. The van der Waals surface area contributed by atoms with Gasteiger partial charge < -0.3 is 14.4 Å². The molecule has 2 saturated heterocycles. The number of benzene rings is 1. The standard InChI is InChI=1S/C23H24N2O5/c1-4-13-11-14-12-23(21(27)29-2)18(13)24(20(14)26)10-9-16-15-7-5-6-8-17(15)25(19(16)23)22(28)30-3/h4-8,14,18H,9-12H2,1-3H3. The van der Waals surface area contributed by atoms with Crippen LogP contribution < -0.4 is 0 Å². The van der Waals surface area contributed by atoms with Gasteiger partial charge in [0, 0.05) is 17.8 Å². The zero-order chi connectivity index (χ0) is 21.2. The van der Waals surface area contributed by atoms with Crippen molar-refractivity contribution in [2.75, 3.05) is 20.8 Å². The maximum Gasteiger partial charge on any atom is 0.418 e. The van der Waals surface area contributed by atoms with E-state index in [-0.39, 0.29) is 11.8 Å². The van der Waals surface area contributed by atoms with E-state index in [0.717, 1.165) is 16.5 Å². The minimum Gasteiger partial charge on any atom is -0.468 e. The zero-order valence-electron chi connectivity index (χ0n) is 17.3. The first-order chi connectivity index (χ1) is 14.5. The summed E-state index contributed by atoms with van der Waals surface area (Å²) in [6.07, 6.45) is 2.99. The summed E-state index contributed by atoms with van der Waals surface area (Å²) >= 11 is 0. The van der Waals surface area contributed by atoms with Crippen LogP contribution in [0.2, 0.25) is 0 Å². The largest absolute Gasteiger partial charge is 0.468 e. The fourth-order valence-electron chi connectivity index (χ4n) is 6.04. The fraction of sp³-hybridized carbons (Fsp3) is 0.435. The summed E-state index contributed by atoms with van der Waals surface area (Å²) in [5.74, 6) is -0.635. The Morgan fingerprint density at radius 3 is 2.67 bits per heavy atom. The lowest BCUT2D eigenvalue weighted by Gasteiger charge is -2.54. The molecule has 3 unspecified atom stereocenters. The van der Waals surface area contributed by atoms with Crippen molar-refractivity contribution in [3.8, 4) is 0 Å². The Morgan fingerprint density at radius 2 is 1.97 bits per heavy atom. The van der Waals surface area contributed by atoms with Gasteiger partial charge in [0.1, 0.15) is 5.41 Å². The molecule has 1 saturated carbocycles. The number of ether oxygens (including phenoxy) is 2. The molecule has 1 aliphatic carbocycles. The van der Waals surface area contributed by atoms with Gasteiger partial charge in [-0.3, -0.25) is 9.59 Å². The molecule has 0 spiro atoms. The summed E-state index contributed by atoms with van der Waals surface area (Å²) in [7, 11) is 2.71. The van der Waals surface area contributed by atoms with Gasteiger partial charge in [-0.1, -0.05) is 24.3 Å². The van der Waals surface area contributed by atoms with Crippen molar-refractivity contribution < 1.29 is 23.9 Å². The maximum atomic E-state index is 13.6. The summed E-state index contributed by atoms with van der Waals surface area (Å²) in [6, 6.07) is 7.15. The van der Waals surface area contributed by atoms with Gasteiger partial charge in [0.25, 0.3) is 0 Å². The van der Waals surface area contributed by atoms with E-state index in [0.29, 0.717) is 37.0 Å². The van der Waals surface area contributed by atoms with E-state index in [2.05, 4.69) is 0 Å². The third-order valence-electron chi connectivity index (χ3n) is 7.09. The molecule has 2 aromatic rings. The summed E-state index contributed by atoms with van der Waals surface area (Å²) < 4.78 is 12.0. The van der Waals surface area contributed by atoms with Gasteiger partial charge in [0.2, 0.25) is 5.91 Å². The van der Waals surface area contributed by atoms with Crippen molar-refractivity contribution in [1.82, 2.24) is 9.47 Å². The first-order valence-electron chi connectivity index (χ1n) is 10.2. The molecule has 4 aliphatic rings. The van der Waals surface area contributed by atoms with Gasteiger partial charge in [0.15, 0.2) is 0 Å². The highest BCUT2D eigenvalue weighted by molar-refractivity contribution is 6.00. The minimum atomic E-state index is -1.15. The molecule has 3 atom stereocenters. The molecule has 156 valence electrons. The van der Waals surface area contributed by atoms with Crippen LogP contribution in [0.3, 0.4) is 0 Å². The van der Waals surface area contributed by atoms with Crippen molar-refractivity contribution in [3.05, 3.63) is 47.2 Å². The van der Waals surface area contributed by atoms with E-state index in [9.17, 15) is 14.4 Å². The van der Waals surface area contributed by atoms with Gasteiger partial charge in [-0.25, -0.2) is 9.36 Å². The first-order valence-corrected chi connectivity index (χ1v) is 10.2. The number of piperidine rings is 2. The number of nitrogens with zero attached hydrogens (tertiary/aromatic N) is 2. The summed E-state index contributed by atoms with van der Waals surface area (Å²) in [6.45, 7) is 2.44. The molecule has 3 fully saturated rings. The highest BCUT2D eigenvalue weighted by Crippen LogP contribution is 2.55. The monoisotopic (exact) mass is 408 g/mol. The van der Waals surface area contributed by atoms with E-state index >= 15 is 0 Å². The molecule has 6 rings (SSSR count). The number of hydrogen-bond donors (Lipinski definition) is 0. The van der Waals surface area contributed by atoms with E-state index in [1.807, 2.05) is 42.2 Å². The number of aromatic nitrogens is 1. The van der Waals surface area contributed by atoms with E-state index in [1.165, 1.54) is 18.8 Å². The van der Waals surface area contributed by atoms with Crippen molar-refractivity contribution in [2.45, 2.75) is 37.6 Å². The molecule has 1 aromatic carbocycles. The topological polar surface area (TPSA) is 77.8 Å². The van der Waals surface area contributed by atoms with E-state index < -0.39 is 23.5 Å². The lowest BCUT2D eigenvalue weighted by molar-refractivity contribution is -0.163. The average molecular weight is 408 g/mol. The van der Waals surface area contributed by atoms with Gasteiger partial charge >= 0.3 is 12.1 Å². The number of carbonyl (C=O) groups excluding carboxylic acids is 3. The zero-order valence-corrected chi connectivity index (χ0v) is 17.3. The number of allylic oxidation sites excluding steroid dienone is 1. The molecule has 0 N–H and O–H groups in total. The lowest BCUT2D eigenvalue weighted by atomic mass is 9.58. The fourth-order valence-corrected chi connectivity index (χ4v) is 6.04. The Morgan fingerprint density at radius 1 is 1.20 bits per heavy atom. The van der Waals surface area contributed by atoms with Crippen LogP contribution in [-0.4, -0.2) is 54.2 Å². The SMILES string of the molecule is CC=C1CC2CC3(C(=O)OC)c4c(c5ccccc5n4C(=O)OC)CCN(C2=O)C13. The smallest absolute Gasteiger partial charge is 0.418 e. The van der Waals surface area contributed by atoms with Gasteiger partial charge in [-0.05, 0) is 43.4 Å². The number of amides is 1. The molecule has 4 bridgehead atoms. The van der Waals surface area contributed by atoms with Crippen molar-refractivity contribution in [3.63, 3.8) is 0 Å². The van der Waals surface area contributed by atoms with Crippen LogP contribution in [0.5, 0.6) is 0 Å². The number of hydrogen-bond acceptors (Lipinski definition) is 5. The van der Waals surface area contributed by atoms with Crippen molar-refractivity contribution in [2.24, 2.45) is 5.92 Å². The van der Waals surface area contributed by atoms with E-state index in [1.54, 1.807) is 0 Å². The Bertz CT molecular complexity index is 1130. The predicted molar refractivity (Wildman–Crippen MR) is 109 cm³/mol. The quantitative estimate of drug-likeness (QED) is 0.536. The molecule has 4 heterocycles. The number of carbonyl (C=O) groups is 3. The molecule has 1 amide bonds. The molecule has 30 heavy (non-hydrogen) atoms. The summed E-state index contributed by atoms with van der Waals surface area (Å²) in [4.78, 5) is 41.5. The van der Waals surface area contributed by atoms with Gasteiger partial charge in [-0.2, -0.15) is 0 Å². The number of esters is 1. The molecule has 7 heteroatoms. The van der Waals surface area contributed by atoms with Gasteiger partial charge in [0.05, 0.1) is 31.5 Å². The normalized spacial score (nSPS) is 28.4. The lowest BCUT2D eigenvalue weighted by Crippen LogP contribution is -2.67. The van der Waals surface area contributed by atoms with Crippen LogP contribution in [0.1, 0.15) is 31.0 Å². The Hall–Kier alpha value is -3.09. The van der Waals surface area contributed by atoms with E-state index in [4.69, 9.17) is 9.47 Å². The maximum absolute atomic E-state index is 13.6. The molecule has 0 radical (unpaired) electrons. The number of methoxy groups -OCH3 is 2. The Labute approximate surface area is 174 Å². The summed E-state index contributed by atoms with van der Waals surface area (Å²) in [5, 5.41) is 0.903. The van der Waals surface area contributed by atoms with Crippen LogP contribution in [0.4, 0.5) is 4.79 Å².